The molecule has 0 bridgehead atoms. The normalized spacial score (nSPS) is 14.4. The molecule has 1 N–H and O–H groups in total. The second kappa shape index (κ2) is 4.00. The third-order valence-electron chi connectivity index (χ3n) is 1.88. The van der Waals surface area contributed by atoms with Crippen LogP contribution in [0.1, 0.15) is 12.6 Å². The molecule has 1 aromatic heterocycles. The van der Waals surface area contributed by atoms with E-state index in [4.69, 9.17) is 0 Å². The number of hydrogen-bond donors (Lipinski definition) is 1. The maximum absolute atomic E-state index is 12.1. The molecule has 0 aliphatic carbocycles. The van der Waals surface area contributed by atoms with E-state index in [1.54, 1.807) is 7.05 Å². The van der Waals surface area contributed by atoms with E-state index in [9.17, 15) is 13.2 Å². The topological polar surface area (TPSA) is 29.9 Å². The van der Waals surface area contributed by atoms with Gasteiger partial charge >= 0.3 is 6.18 Å². The number of likely N-dealkylation sites (N-methyl/N-ethyl adjacent to an activating group) is 1. The zero-order chi connectivity index (χ0) is 10.8. The molecule has 0 spiro atoms. The molecule has 0 saturated heterocycles. The van der Waals surface area contributed by atoms with Crippen molar-refractivity contribution in [3.63, 3.8) is 0 Å². The summed E-state index contributed by atoms with van der Waals surface area (Å²) in [5, 5.41) is 6.34. The lowest BCUT2D eigenvalue weighted by molar-refractivity contribution is -0.141. The number of halogens is 3. The van der Waals surface area contributed by atoms with Crippen molar-refractivity contribution in [3.8, 4) is 0 Å². The second-order valence-electron chi connectivity index (χ2n) is 3.11. The van der Waals surface area contributed by atoms with Crippen LogP contribution in [0.25, 0.3) is 0 Å². The van der Waals surface area contributed by atoms with Gasteiger partial charge in [-0.15, -0.1) is 0 Å². The van der Waals surface area contributed by atoms with Crippen LogP contribution in [0.5, 0.6) is 0 Å². The lowest BCUT2D eigenvalue weighted by Gasteiger charge is -2.09. The van der Waals surface area contributed by atoms with Crippen LogP contribution in [-0.2, 0) is 12.7 Å². The Morgan fingerprint density at radius 1 is 1.57 bits per heavy atom. The Bertz CT molecular complexity index is 292. The molecular formula is C8H12F3N3. The van der Waals surface area contributed by atoms with E-state index in [2.05, 4.69) is 10.4 Å². The monoisotopic (exact) mass is 207 g/mol. The number of hydrogen-bond acceptors (Lipinski definition) is 2. The fourth-order valence-electron chi connectivity index (χ4n) is 0.986. The summed E-state index contributed by atoms with van der Waals surface area (Å²) in [4.78, 5) is 0. The van der Waals surface area contributed by atoms with Crippen molar-refractivity contribution >= 4 is 0 Å². The summed E-state index contributed by atoms with van der Waals surface area (Å²) in [7, 11) is 1.75. The minimum Gasteiger partial charge on any atom is -0.315 e. The van der Waals surface area contributed by atoms with Crippen molar-refractivity contribution < 1.29 is 13.2 Å². The highest BCUT2D eigenvalue weighted by Crippen LogP contribution is 2.27. The van der Waals surface area contributed by atoms with Gasteiger partial charge in [-0.05, 0) is 20.0 Å². The van der Waals surface area contributed by atoms with E-state index in [0.717, 1.165) is 6.07 Å². The predicted molar refractivity (Wildman–Crippen MR) is 45.8 cm³/mol. The van der Waals surface area contributed by atoms with Crippen molar-refractivity contribution in [3.05, 3.63) is 18.0 Å². The molecule has 1 rings (SSSR count). The molecule has 14 heavy (non-hydrogen) atoms. The summed E-state index contributed by atoms with van der Waals surface area (Å²) in [6, 6.07) is 1.07. The lowest BCUT2D eigenvalue weighted by Crippen LogP contribution is -2.27. The highest BCUT2D eigenvalue weighted by atomic mass is 19.4. The number of aromatic nitrogens is 2. The predicted octanol–water partition coefficient (Wildman–Crippen LogP) is 1.51. The van der Waals surface area contributed by atoms with Gasteiger partial charge in [-0.1, -0.05) is 0 Å². The SMILES string of the molecule is CNC(C)Cn1ccc(C(F)(F)F)n1. The van der Waals surface area contributed by atoms with Crippen molar-refractivity contribution in [1.29, 1.82) is 0 Å². The molecule has 1 aromatic rings. The zero-order valence-corrected chi connectivity index (χ0v) is 7.97. The average Bonchev–Trinajstić information content (AvgIpc) is 2.51. The van der Waals surface area contributed by atoms with Crippen LogP contribution in [0, 0.1) is 0 Å². The molecule has 0 aliphatic rings. The summed E-state index contributed by atoms with van der Waals surface area (Å²) in [6.07, 6.45) is -3.02. The maximum Gasteiger partial charge on any atom is 0.435 e. The Kier molecular flexibility index (Phi) is 3.15. The van der Waals surface area contributed by atoms with E-state index in [0.29, 0.717) is 6.54 Å². The van der Waals surface area contributed by atoms with Crippen molar-refractivity contribution in [2.24, 2.45) is 0 Å². The number of alkyl halides is 3. The molecule has 0 aliphatic heterocycles. The molecule has 80 valence electrons. The first-order valence-electron chi connectivity index (χ1n) is 4.21. The average molecular weight is 207 g/mol. The standard InChI is InChI=1S/C8H12F3N3/c1-6(12-2)5-14-4-3-7(13-14)8(9,10)11/h3-4,6,12H,5H2,1-2H3. The van der Waals surface area contributed by atoms with Crippen LogP contribution < -0.4 is 5.32 Å². The van der Waals surface area contributed by atoms with Crippen molar-refractivity contribution in [1.82, 2.24) is 15.1 Å². The summed E-state index contributed by atoms with van der Waals surface area (Å²) < 4.78 is 37.7. The van der Waals surface area contributed by atoms with Gasteiger partial charge in [-0.25, -0.2) is 0 Å². The van der Waals surface area contributed by atoms with E-state index < -0.39 is 11.9 Å². The Hall–Kier alpha value is -1.04. The van der Waals surface area contributed by atoms with Crippen LogP contribution in [0.2, 0.25) is 0 Å². The van der Waals surface area contributed by atoms with Crippen LogP contribution in [0.15, 0.2) is 12.3 Å². The molecule has 1 atom stereocenters. The van der Waals surface area contributed by atoms with Crippen LogP contribution in [0.4, 0.5) is 13.2 Å². The van der Waals surface area contributed by atoms with Crippen LogP contribution >= 0.6 is 0 Å². The third kappa shape index (κ3) is 2.73. The van der Waals surface area contributed by atoms with E-state index >= 15 is 0 Å². The van der Waals surface area contributed by atoms with Gasteiger partial charge in [0.25, 0.3) is 0 Å². The number of rotatable bonds is 3. The van der Waals surface area contributed by atoms with Crippen LogP contribution in [0.3, 0.4) is 0 Å². The van der Waals surface area contributed by atoms with Gasteiger partial charge in [0.2, 0.25) is 0 Å². The van der Waals surface area contributed by atoms with E-state index in [-0.39, 0.29) is 6.04 Å². The lowest BCUT2D eigenvalue weighted by atomic mass is 10.3. The summed E-state index contributed by atoms with van der Waals surface area (Å²) in [5.41, 5.74) is -0.846. The van der Waals surface area contributed by atoms with Crippen molar-refractivity contribution in [2.75, 3.05) is 7.05 Å². The molecule has 0 aromatic carbocycles. The first-order chi connectivity index (χ1) is 6.43. The number of nitrogens with one attached hydrogen (secondary N) is 1. The maximum atomic E-state index is 12.1. The first kappa shape index (κ1) is 11.0. The summed E-state index contributed by atoms with van der Waals surface area (Å²) in [5.74, 6) is 0. The molecule has 1 heterocycles. The van der Waals surface area contributed by atoms with Crippen molar-refractivity contribution in [2.45, 2.75) is 25.7 Å². The van der Waals surface area contributed by atoms with E-state index in [1.165, 1.54) is 10.9 Å². The summed E-state index contributed by atoms with van der Waals surface area (Å²) >= 11 is 0. The summed E-state index contributed by atoms with van der Waals surface area (Å²) in [6.45, 7) is 2.29. The minimum atomic E-state index is -4.35. The molecule has 0 fully saturated rings. The van der Waals surface area contributed by atoms with Gasteiger partial charge in [-0.2, -0.15) is 18.3 Å². The zero-order valence-electron chi connectivity index (χ0n) is 7.97. The molecule has 0 amide bonds. The first-order valence-corrected chi connectivity index (χ1v) is 4.21. The Labute approximate surface area is 79.9 Å². The Morgan fingerprint density at radius 3 is 2.64 bits per heavy atom. The van der Waals surface area contributed by atoms with Gasteiger partial charge in [0.05, 0.1) is 6.54 Å². The molecule has 1 unspecified atom stereocenters. The molecule has 0 saturated carbocycles. The minimum absolute atomic E-state index is 0.0935. The smallest absolute Gasteiger partial charge is 0.315 e. The fraction of sp³-hybridized carbons (Fsp3) is 0.625. The fourth-order valence-corrected chi connectivity index (χ4v) is 0.986. The molecular weight excluding hydrogens is 195 g/mol. The molecule has 3 nitrogen and oxygen atoms in total. The highest BCUT2D eigenvalue weighted by molar-refractivity contribution is 5.03. The highest BCUT2D eigenvalue weighted by Gasteiger charge is 2.33. The van der Waals surface area contributed by atoms with Gasteiger partial charge in [-0.3, -0.25) is 4.68 Å². The Balaban J connectivity index is 2.69. The van der Waals surface area contributed by atoms with Gasteiger partial charge in [0, 0.05) is 12.2 Å². The van der Waals surface area contributed by atoms with Gasteiger partial charge < -0.3 is 5.32 Å². The third-order valence-corrected chi connectivity index (χ3v) is 1.88. The van der Waals surface area contributed by atoms with Gasteiger partial charge in [0.15, 0.2) is 5.69 Å². The Morgan fingerprint density at radius 2 is 2.21 bits per heavy atom. The number of nitrogens with zero attached hydrogens (tertiary/aromatic N) is 2. The second-order valence-corrected chi connectivity index (χ2v) is 3.11. The van der Waals surface area contributed by atoms with Gasteiger partial charge in [0.1, 0.15) is 0 Å². The molecule has 6 heteroatoms. The largest absolute Gasteiger partial charge is 0.435 e. The molecule has 0 radical (unpaired) electrons. The van der Waals surface area contributed by atoms with Crippen LogP contribution in [-0.4, -0.2) is 22.9 Å². The quantitative estimate of drug-likeness (QED) is 0.814. The van der Waals surface area contributed by atoms with E-state index in [1.807, 2.05) is 6.92 Å².